The lowest BCUT2D eigenvalue weighted by Gasteiger charge is -2.25. The normalized spacial score (nSPS) is 10.7. The van der Waals surface area contributed by atoms with Crippen molar-refractivity contribution in [3.05, 3.63) is 57.2 Å². The number of nitrogens with zero attached hydrogens (tertiary/aromatic N) is 1. The van der Waals surface area contributed by atoms with Gasteiger partial charge in [0, 0.05) is 40.8 Å². The Morgan fingerprint density at radius 2 is 1.49 bits per heavy atom. The zero-order valence-corrected chi connectivity index (χ0v) is 27.8. The molecule has 39 heavy (non-hydrogen) atoms. The Labute approximate surface area is 251 Å². The van der Waals surface area contributed by atoms with E-state index in [1.54, 1.807) is 12.1 Å². The largest absolute Gasteiger partial charge is 0.380 e. The van der Waals surface area contributed by atoms with E-state index in [4.69, 9.17) is 36.0 Å². The van der Waals surface area contributed by atoms with E-state index in [1.165, 1.54) is 18.4 Å². The van der Waals surface area contributed by atoms with E-state index in [2.05, 4.69) is 51.4 Å². The number of allylic oxidation sites excluding steroid dienone is 3. The second-order valence-corrected chi connectivity index (χ2v) is 10.2. The maximum absolute atomic E-state index is 12.1. The topological polar surface area (TPSA) is 32.3 Å². The number of carbonyl (C=O) groups excluding carboxylic acids is 1. The van der Waals surface area contributed by atoms with Crippen molar-refractivity contribution in [2.24, 2.45) is 5.92 Å². The maximum Gasteiger partial charge on any atom is 0.225 e. The fourth-order valence-electron chi connectivity index (χ4n) is 3.40. The van der Waals surface area contributed by atoms with Crippen LogP contribution in [0.15, 0.2) is 41.6 Å². The van der Waals surface area contributed by atoms with Crippen molar-refractivity contribution in [2.75, 3.05) is 13.1 Å². The lowest BCUT2D eigenvalue weighted by Crippen LogP contribution is -2.36. The molecule has 5 heteroatoms. The van der Waals surface area contributed by atoms with E-state index in [-0.39, 0.29) is 12.0 Å². The van der Waals surface area contributed by atoms with Crippen molar-refractivity contribution in [3.8, 4) is 24.7 Å². The first-order valence-corrected chi connectivity index (χ1v) is 14.9. The third-order valence-corrected chi connectivity index (χ3v) is 5.80. The van der Waals surface area contributed by atoms with Gasteiger partial charge >= 0.3 is 0 Å². The van der Waals surface area contributed by atoms with Crippen LogP contribution in [0, 0.1) is 30.6 Å². The average Bonchev–Trinajstić information content (AvgIpc) is 2.88. The molecule has 1 N–H and O–H groups in total. The lowest BCUT2D eigenvalue weighted by molar-refractivity contribution is -0.135. The van der Waals surface area contributed by atoms with E-state index in [0.29, 0.717) is 21.5 Å². The van der Waals surface area contributed by atoms with Gasteiger partial charge in [-0.15, -0.1) is 19.4 Å². The zero-order chi connectivity index (χ0) is 31.0. The monoisotopic (exact) mass is 576 g/mol. The molecule has 0 aliphatic rings. The van der Waals surface area contributed by atoms with E-state index in [1.807, 2.05) is 52.5 Å². The zero-order valence-electron chi connectivity index (χ0n) is 26.3. The number of halogens is 2. The van der Waals surface area contributed by atoms with Crippen LogP contribution in [0.3, 0.4) is 0 Å². The van der Waals surface area contributed by atoms with Crippen LogP contribution in [0.25, 0.3) is 0 Å². The molecule has 1 amide bonds. The molecular weight excluding hydrogens is 523 g/mol. The molecular formula is C34H54Cl2N2O. The number of unbranched alkanes of at least 4 members (excludes halogenated alkanes) is 1. The van der Waals surface area contributed by atoms with Crippen molar-refractivity contribution in [1.82, 2.24) is 10.2 Å². The SMILES string of the molecule is C#CC(C#C)=C(C)NC(C)c1ccc(Cl)cc1Cl.C=C(C)C.CC.CCCCC(C)C(=O)N(CCC)CCC. The molecule has 2 atom stereocenters. The van der Waals surface area contributed by atoms with E-state index in [0.717, 1.165) is 43.6 Å². The minimum Gasteiger partial charge on any atom is -0.380 e. The third-order valence-electron chi connectivity index (χ3n) is 5.24. The molecule has 1 rings (SSSR count). The van der Waals surface area contributed by atoms with Crippen LogP contribution in [0.4, 0.5) is 0 Å². The number of rotatable bonds is 11. The first-order chi connectivity index (χ1) is 18.4. The van der Waals surface area contributed by atoms with E-state index < -0.39 is 0 Å². The average molecular weight is 578 g/mol. The summed E-state index contributed by atoms with van der Waals surface area (Å²) in [5.41, 5.74) is 3.39. The molecule has 0 aliphatic carbocycles. The molecule has 0 spiro atoms. The summed E-state index contributed by atoms with van der Waals surface area (Å²) >= 11 is 12.0. The summed E-state index contributed by atoms with van der Waals surface area (Å²) in [7, 11) is 0. The minimum atomic E-state index is -0.00790. The van der Waals surface area contributed by atoms with Crippen LogP contribution in [0.5, 0.6) is 0 Å². The number of carbonyl (C=O) groups is 1. The van der Waals surface area contributed by atoms with Gasteiger partial charge in [-0.25, -0.2) is 0 Å². The second kappa shape index (κ2) is 25.9. The molecule has 1 aromatic carbocycles. The van der Waals surface area contributed by atoms with Gasteiger partial charge in [0.15, 0.2) is 0 Å². The smallest absolute Gasteiger partial charge is 0.225 e. The van der Waals surface area contributed by atoms with Crippen molar-refractivity contribution in [3.63, 3.8) is 0 Å². The number of amides is 1. The number of hydrogen-bond donors (Lipinski definition) is 1. The van der Waals surface area contributed by atoms with Crippen LogP contribution >= 0.6 is 23.2 Å². The Bertz CT molecular complexity index is 911. The van der Waals surface area contributed by atoms with E-state index >= 15 is 0 Å². The van der Waals surface area contributed by atoms with Gasteiger partial charge in [0.25, 0.3) is 0 Å². The number of hydrogen-bond acceptors (Lipinski definition) is 2. The van der Waals surface area contributed by atoms with Gasteiger partial charge in [0.2, 0.25) is 5.91 Å². The molecule has 0 saturated carbocycles. The standard InChI is InChI=1S/C15H13Cl2N.C13H27NO.C4H8.C2H6/c1-5-12(6-2)10(3)18-11(4)14-8-7-13(16)9-15(14)17;1-5-8-9-12(4)13(15)14(10-6-2)11-7-3;1-4(2)3;1-2/h1-2,7-9,11,18H,3-4H3;12H,5-11H2,1-4H3;1H2,2-3H3;1-2H3. The molecule has 0 aliphatic heterocycles. The van der Waals surface area contributed by atoms with Gasteiger partial charge in [-0.3, -0.25) is 4.79 Å². The predicted octanol–water partition coefficient (Wildman–Crippen LogP) is 10.3. The third kappa shape index (κ3) is 20.3. The highest BCUT2D eigenvalue weighted by Crippen LogP contribution is 2.26. The Morgan fingerprint density at radius 1 is 1.00 bits per heavy atom. The molecule has 0 bridgehead atoms. The molecule has 220 valence electrons. The van der Waals surface area contributed by atoms with Crippen molar-refractivity contribution in [1.29, 1.82) is 0 Å². The number of terminal acetylenes is 2. The fourth-order valence-corrected chi connectivity index (χ4v) is 3.98. The summed E-state index contributed by atoms with van der Waals surface area (Å²) in [6, 6.07) is 5.37. The summed E-state index contributed by atoms with van der Waals surface area (Å²) in [5.74, 6) is 5.48. The summed E-state index contributed by atoms with van der Waals surface area (Å²) in [4.78, 5) is 14.1. The molecule has 2 unspecified atom stereocenters. The molecule has 0 heterocycles. The first kappa shape index (κ1) is 41.2. The van der Waals surface area contributed by atoms with Gasteiger partial charge in [-0.05, 0) is 64.7 Å². The highest BCUT2D eigenvalue weighted by atomic mass is 35.5. The first-order valence-electron chi connectivity index (χ1n) is 14.2. The summed E-state index contributed by atoms with van der Waals surface area (Å²) in [6.07, 6.45) is 16.1. The van der Waals surface area contributed by atoms with Gasteiger partial charge in [0.05, 0.1) is 5.57 Å². The van der Waals surface area contributed by atoms with Crippen LogP contribution in [0.1, 0.15) is 113 Å². The fraction of sp³-hybridized carbons (Fsp3) is 0.559. The van der Waals surface area contributed by atoms with Crippen molar-refractivity contribution >= 4 is 29.1 Å². The molecule has 0 fully saturated rings. The molecule has 1 aromatic rings. The summed E-state index contributed by atoms with van der Waals surface area (Å²) in [6.45, 7) is 25.7. The van der Waals surface area contributed by atoms with Crippen LogP contribution in [-0.4, -0.2) is 23.9 Å². The van der Waals surface area contributed by atoms with Crippen molar-refractivity contribution in [2.45, 2.75) is 107 Å². The summed E-state index contributed by atoms with van der Waals surface area (Å²) in [5, 5.41) is 4.44. The predicted molar refractivity (Wildman–Crippen MR) is 176 cm³/mol. The molecule has 0 saturated heterocycles. The van der Waals surface area contributed by atoms with Gasteiger partial charge < -0.3 is 10.2 Å². The Balaban J connectivity index is -0.000000559. The van der Waals surface area contributed by atoms with Crippen molar-refractivity contribution < 1.29 is 4.79 Å². The van der Waals surface area contributed by atoms with Gasteiger partial charge in [0.1, 0.15) is 0 Å². The van der Waals surface area contributed by atoms with Gasteiger partial charge in [-0.2, -0.15) is 0 Å². The second-order valence-electron chi connectivity index (χ2n) is 9.40. The highest BCUT2D eigenvalue weighted by Gasteiger charge is 2.18. The van der Waals surface area contributed by atoms with Crippen LogP contribution < -0.4 is 5.32 Å². The lowest BCUT2D eigenvalue weighted by atomic mass is 10.0. The summed E-state index contributed by atoms with van der Waals surface area (Å²) < 4.78 is 0. The quantitative estimate of drug-likeness (QED) is 0.210. The van der Waals surface area contributed by atoms with Gasteiger partial charge in [-0.1, -0.05) is 101 Å². The Morgan fingerprint density at radius 3 is 1.87 bits per heavy atom. The van der Waals surface area contributed by atoms with E-state index in [9.17, 15) is 4.79 Å². The Hall–Kier alpha value is -2.33. The minimum absolute atomic E-state index is 0.00790. The van der Waals surface area contributed by atoms with Crippen LogP contribution in [0.2, 0.25) is 10.0 Å². The molecule has 0 aromatic heterocycles. The number of nitrogens with one attached hydrogen (secondary N) is 1. The number of benzene rings is 1. The Kier molecular flexibility index (Phi) is 27.4. The highest BCUT2D eigenvalue weighted by molar-refractivity contribution is 6.35. The molecule has 0 radical (unpaired) electrons. The maximum atomic E-state index is 12.1. The molecule has 3 nitrogen and oxygen atoms in total. The van der Waals surface area contributed by atoms with Crippen LogP contribution in [-0.2, 0) is 4.79 Å².